The van der Waals surface area contributed by atoms with Crippen LogP contribution in [0.5, 0.6) is 5.75 Å². The molecule has 0 spiro atoms. The van der Waals surface area contributed by atoms with Gasteiger partial charge in [-0.25, -0.2) is 0 Å². The molecule has 7 heteroatoms. The van der Waals surface area contributed by atoms with E-state index in [0.717, 1.165) is 19.5 Å². The molecule has 0 radical (unpaired) electrons. The summed E-state index contributed by atoms with van der Waals surface area (Å²) in [7, 11) is 3.32. The van der Waals surface area contributed by atoms with E-state index in [9.17, 15) is 9.59 Å². The Labute approximate surface area is 166 Å². The van der Waals surface area contributed by atoms with Crippen LogP contribution in [0.1, 0.15) is 27.2 Å². The van der Waals surface area contributed by atoms with Crippen LogP contribution in [0.15, 0.2) is 18.2 Å². The monoisotopic (exact) mass is 395 g/mol. The van der Waals surface area contributed by atoms with Crippen molar-refractivity contribution in [2.45, 2.75) is 33.2 Å². The van der Waals surface area contributed by atoms with Crippen molar-refractivity contribution in [2.75, 3.05) is 39.1 Å². The van der Waals surface area contributed by atoms with Crippen LogP contribution in [0.3, 0.4) is 0 Å². The van der Waals surface area contributed by atoms with Gasteiger partial charge in [0.05, 0.1) is 25.4 Å². The molecule has 1 aliphatic rings. The number of rotatable bonds is 6. The summed E-state index contributed by atoms with van der Waals surface area (Å²) in [4.78, 5) is 29.0. The highest BCUT2D eigenvalue weighted by Gasteiger charge is 2.30. The number of nitrogens with zero attached hydrogens (tertiary/aromatic N) is 2. The number of methoxy groups -OCH3 is 1. The van der Waals surface area contributed by atoms with Gasteiger partial charge in [-0.3, -0.25) is 14.5 Å². The lowest BCUT2D eigenvalue weighted by molar-refractivity contribution is -0.139. The van der Waals surface area contributed by atoms with Crippen LogP contribution < -0.4 is 10.1 Å². The van der Waals surface area contributed by atoms with Crippen LogP contribution in [0, 0.1) is 11.8 Å². The third-order valence-corrected chi connectivity index (χ3v) is 5.26. The second kappa shape index (κ2) is 9.42. The summed E-state index contributed by atoms with van der Waals surface area (Å²) in [6.07, 6.45) is 1.15. The second-order valence-electron chi connectivity index (χ2n) is 7.67. The van der Waals surface area contributed by atoms with E-state index in [2.05, 4.69) is 19.2 Å². The van der Waals surface area contributed by atoms with Crippen molar-refractivity contribution < 1.29 is 14.3 Å². The number of carbonyl (C=O) groups is 2. The van der Waals surface area contributed by atoms with Crippen LogP contribution in [-0.4, -0.2) is 61.4 Å². The second-order valence-corrected chi connectivity index (χ2v) is 8.11. The smallest absolute Gasteiger partial charge is 0.239 e. The molecule has 3 atom stereocenters. The molecule has 0 unspecified atom stereocenters. The van der Waals surface area contributed by atoms with Gasteiger partial charge in [-0.05, 0) is 50.4 Å². The summed E-state index contributed by atoms with van der Waals surface area (Å²) in [5.74, 6) is 1.40. The van der Waals surface area contributed by atoms with E-state index >= 15 is 0 Å². The molecule has 150 valence electrons. The number of carbonyl (C=O) groups excluding carboxylic acids is 2. The van der Waals surface area contributed by atoms with Crippen molar-refractivity contribution in [2.24, 2.45) is 11.8 Å². The minimum Gasteiger partial charge on any atom is -0.495 e. The summed E-state index contributed by atoms with van der Waals surface area (Å²) >= 11 is 6.00. The Morgan fingerprint density at radius 1 is 1.33 bits per heavy atom. The lowest BCUT2D eigenvalue weighted by Crippen LogP contribution is -2.51. The van der Waals surface area contributed by atoms with Gasteiger partial charge < -0.3 is 15.0 Å². The molecule has 1 aliphatic heterocycles. The van der Waals surface area contributed by atoms with Gasteiger partial charge in [-0.15, -0.1) is 0 Å². The van der Waals surface area contributed by atoms with Crippen LogP contribution in [0.25, 0.3) is 0 Å². The van der Waals surface area contributed by atoms with Gasteiger partial charge in [0.2, 0.25) is 11.8 Å². The van der Waals surface area contributed by atoms with Gasteiger partial charge in [-0.2, -0.15) is 0 Å². The number of ether oxygens (including phenoxy) is 1. The molecule has 1 saturated heterocycles. The van der Waals surface area contributed by atoms with Gasteiger partial charge in [0, 0.05) is 18.1 Å². The maximum Gasteiger partial charge on any atom is 0.239 e. The molecule has 0 saturated carbocycles. The maximum atomic E-state index is 12.8. The average Bonchev–Trinajstić information content (AvgIpc) is 2.59. The number of anilines is 1. The zero-order chi connectivity index (χ0) is 20.1. The number of benzene rings is 1. The largest absolute Gasteiger partial charge is 0.495 e. The minimum atomic E-state index is -0.366. The first-order chi connectivity index (χ1) is 12.7. The number of nitrogens with one attached hydrogen (secondary N) is 1. The van der Waals surface area contributed by atoms with Crippen LogP contribution >= 0.6 is 11.6 Å². The molecule has 6 nitrogen and oxygen atoms in total. The third-order valence-electron chi connectivity index (χ3n) is 5.03. The third kappa shape index (κ3) is 5.84. The van der Waals surface area contributed by atoms with Gasteiger partial charge >= 0.3 is 0 Å². The van der Waals surface area contributed by atoms with Crippen molar-refractivity contribution in [1.29, 1.82) is 0 Å². The standard InChI is InChI=1S/C20H30ClN3O3/c1-13-8-14(2)11-24(10-13)20(26)15(3)23(4)12-19(25)22-17-9-16(21)6-7-18(17)27-5/h6-7,9,13-15H,8,10-12H2,1-5H3,(H,22,25)/t13-,14-,15-/m1/s1. The lowest BCUT2D eigenvalue weighted by atomic mass is 9.91. The summed E-state index contributed by atoms with van der Waals surface area (Å²) < 4.78 is 5.24. The molecule has 0 aromatic heterocycles. The van der Waals surface area contributed by atoms with E-state index in [0.29, 0.717) is 28.3 Å². The van der Waals surface area contributed by atoms with Gasteiger partial charge in [-0.1, -0.05) is 25.4 Å². The Kier molecular flexibility index (Phi) is 7.50. The van der Waals surface area contributed by atoms with Crippen LogP contribution in [-0.2, 0) is 9.59 Å². The SMILES string of the molecule is COc1ccc(Cl)cc1NC(=O)CN(C)[C@H](C)C(=O)N1C[C@H](C)C[C@@H](C)C1. The first kappa shape index (κ1) is 21.5. The Bertz CT molecular complexity index is 672. The summed E-state index contributed by atoms with van der Waals surface area (Å²) in [6.45, 7) is 7.87. The molecular weight excluding hydrogens is 366 g/mol. The summed E-state index contributed by atoms with van der Waals surface area (Å²) in [5.41, 5.74) is 0.515. The number of likely N-dealkylation sites (N-methyl/N-ethyl adjacent to an activating group) is 1. The molecule has 0 aliphatic carbocycles. The molecule has 0 bridgehead atoms. The Morgan fingerprint density at radius 2 is 1.96 bits per heavy atom. The molecule has 2 rings (SSSR count). The molecular formula is C20H30ClN3O3. The lowest BCUT2D eigenvalue weighted by Gasteiger charge is -2.38. The molecule has 1 fully saturated rings. The first-order valence-corrected chi connectivity index (χ1v) is 9.71. The number of amides is 2. The number of piperidine rings is 1. The number of hydrogen-bond acceptors (Lipinski definition) is 4. The van der Waals surface area contributed by atoms with Crippen molar-refractivity contribution >= 4 is 29.1 Å². The first-order valence-electron chi connectivity index (χ1n) is 9.33. The summed E-state index contributed by atoms with van der Waals surface area (Å²) in [6, 6.07) is 4.67. The van der Waals surface area contributed by atoms with Crippen molar-refractivity contribution in [3.63, 3.8) is 0 Å². The quantitative estimate of drug-likeness (QED) is 0.803. The predicted octanol–water partition coefficient (Wildman–Crippen LogP) is 3.11. The van der Waals surface area contributed by atoms with Crippen LogP contribution in [0.2, 0.25) is 5.02 Å². The Hall–Kier alpha value is -1.79. The highest BCUT2D eigenvalue weighted by atomic mass is 35.5. The Balaban J connectivity index is 1.95. The fourth-order valence-corrected chi connectivity index (χ4v) is 3.80. The minimum absolute atomic E-state index is 0.0732. The van der Waals surface area contributed by atoms with E-state index in [1.165, 1.54) is 7.11 Å². The highest BCUT2D eigenvalue weighted by Crippen LogP contribution is 2.27. The number of halogens is 1. The number of likely N-dealkylation sites (tertiary alicyclic amines) is 1. The van der Waals surface area contributed by atoms with E-state index < -0.39 is 0 Å². The van der Waals surface area contributed by atoms with Gasteiger partial charge in [0.1, 0.15) is 5.75 Å². The topological polar surface area (TPSA) is 61.9 Å². The maximum absolute atomic E-state index is 12.8. The predicted molar refractivity (Wildman–Crippen MR) is 108 cm³/mol. The van der Waals surface area contributed by atoms with E-state index in [1.54, 1.807) is 30.1 Å². The van der Waals surface area contributed by atoms with Crippen molar-refractivity contribution in [3.8, 4) is 5.75 Å². The zero-order valence-corrected chi connectivity index (χ0v) is 17.5. The zero-order valence-electron chi connectivity index (χ0n) is 16.8. The molecule has 27 heavy (non-hydrogen) atoms. The van der Waals surface area contributed by atoms with Gasteiger partial charge in [0.15, 0.2) is 0 Å². The molecule has 1 aromatic rings. The molecule has 1 heterocycles. The normalized spacial score (nSPS) is 21.1. The van der Waals surface area contributed by atoms with Crippen molar-refractivity contribution in [1.82, 2.24) is 9.80 Å². The Morgan fingerprint density at radius 3 is 2.56 bits per heavy atom. The fraction of sp³-hybridized carbons (Fsp3) is 0.600. The average molecular weight is 396 g/mol. The molecule has 1 aromatic carbocycles. The van der Waals surface area contributed by atoms with E-state index in [4.69, 9.17) is 16.3 Å². The molecule has 1 N–H and O–H groups in total. The number of hydrogen-bond donors (Lipinski definition) is 1. The summed E-state index contributed by atoms with van der Waals surface area (Å²) in [5, 5.41) is 3.32. The fourth-order valence-electron chi connectivity index (χ4n) is 3.63. The van der Waals surface area contributed by atoms with E-state index in [1.807, 2.05) is 11.8 Å². The van der Waals surface area contributed by atoms with E-state index in [-0.39, 0.29) is 24.4 Å². The van der Waals surface area contributed by atoms with Crippen molar-refractivity contribution in [3.05, 3.63) is 23.2 Å². The molecule has 2 amide bonds. The van der Waals surface area contributed by atoms with Crippen LogP contribution in [0.4, 0.5) is 5.69 Å². The van der Waals surface area contributed by atoms with Gasteiger partial charge in [0.25, 0.3) is 0 Å². The highest BCUT2D eigenvalue weighted by molar-refractivity contribution is 6.31.